The Morgan fingerprint density at radius 2 is 2.15 bits per heavy atom. The van der Waals surface area contributed by atoms with Gasteiger partial charge in [0.25, 0.3) is 0 Å². The first kappa shape index (κ1) is 14.8. The van der Waals surface area contributed by atoms with Crippen molar-refractivity contribution < 1.29 is 23.8 Å². The number of hydrogen-bond donors (Lipinski definition) is 1. The van der Waals surface area contributed by atoms with Gasteiger partial charge in [0.05, 0.1) is 20.1 Å². The number of ether oxygens (including phenoxy) is 2. The lowest BCUT2D eigenvalue weighted by atomic mass is 9.89. The molecule has 110 valence electrons. The van der Waals surface area contributed by atoms with Gasteiger partial charge in [0.15, 0.2) is 11.6 Å². The molecule has 1 fully saturated rings. The van der Waals surface area contributed by atoms with Crippen molar-refractivity contribution in [2.75, 3.05) is 14.2 Å². The lowest BCUT2D eigenvalue weighted by Gasteiger charge is -2.19. The zero-order valence-corrected chi connectivity index (χ0v) is 11.7. The number of carbonyl (C=O) groups is 1. The Morgan fingerprint density at radius 1 is 1.45 bits per heavy atom. The van der Waals surface area contributed by atoms with Crippen molar-refractivity contribution in [3.63, 3.8) is 0 Å². The van der Waals surface area contributed by atoms with E-state index in [1.165, 1.54) is 14.2 Å². The van der Waals surface area contributed by atoms with Crippen LogP contribution in [0.1, 0.15) is 36.3 Å². The van der Waals surface area contributed by atoms with E-state index in [0.29, 0.717) is 17.0 Å². The fourth-order valence-electron chi connectivity index (χ4n) is 2.60. The molecule has 1 aromatic rings. The molecule has 2 rings (SSSR count). The third-order valence-electron chi connectivity index (χ3n) is 3.70. The number of hydrogen-bond acceptors (Lipinski definition) is 3. The third-order valence-corrected chi connectivity index (χ3v) is 3.70. The number of benzene rings is 1. The van der Waals surface area contributed by atoms with Crippen molar-refractivity contribution in [3.8, 4) is 5.75 Å². The summed E-state index contributed by atoms with van der Waals surface area (Å²) in [5.41, 5.74) is 1.06. The largest absolute Gasteiger partial charge is 0.493 e. The molecule has 1 N–H and O–H groups in total. The monoisotopic (exact) mass is 282 g/mol. The summed E-state index contributed by atoms with van der Waals surface area (Å²) in [6.07, 6.45) is 1.98. The van der Waals surface area contributed by atoms with Crippen molar-refractivity contribution in [2.24, 2.45) is 5.92 Å². The number of rotatable bonds is 7. The molecular weight excluding hydrogens is 263 g/mol. The minimum Gasteiger partial charge on any atom is -0.493 e. The second-order valence-electron chi connectivity index (χ2n) is 5.14. The van der Waals surface area contributed by atoms with Crippen molar-refractivity contribution >= 4 is 5.97 Å². The average molecular weight is 282 g/mol. The lowest BCUT2D eigenvalue weighted by Crippen LogP contribution is -2.11. The topological polar surface area (TPSA) is 55.8 Å². The number of carboxylic acid groups (broad SMARTS) is 1. The molecule has 0 aromatic heterocycles. The maximum absolute atomic E-state index is 14.3. The van der Waals surface area contributed by atoms with Gasteiger partial charge in [0.2, 0.25) is 0 Å². The Bertz CT molecular complexity index is 497. The van der Waals surface area contributed by atoms with Gasteiger partial charge in [0, 0.05) is 24.2 Å². The van der Waals surface area contributed by atoms with Crippen LogP contribution in [0.2, 0.25) is 0 Å². The predicted octanol–water partition coefficient (Wildman–Crippen LogP) is 2.95. The standard InChI is InChI=1S/C15H19FO4/c1-19-8-10-5-6-11(15(20-2)14(10)16)12(7-13(17)18)9-3-4-9/h5-6,9,12H,3-4,7-8H2,1-2H3,(H,17,18). The van der Waals surface area contributed by atoms with Gasteiger partial charge in [0.1, 0.15) is 0 Å². The van der Waals surface area contributed by atoms with E-state index in [-0.39, 0.29) is 24.7 Å². The molecule has 4 nitrogen and oxygen atoms in total. The highest BCUT2D eigenvalue weighted by Gasteiger charge is 2.36. The molecule has 1 aliphatic rings. The van der Waals surface area contributed by atoms with Crippen LogP contribution in [0.3, 0.4) is 0 Å². The average Bonchev–Trinajstić information content (AvgIpc) is 3.22. The molecule has 1 saturated carbocycles. The van der Waals surface area contributed by atoms with Gasteiger partial charge >= 0.3 is 5.97 Å². The maximum Gasteiger partial charge on any atom is 0.303 e. The quantitative estimate of drug-likeness (QED) is 0.835. The minimum atomic E-state index is -0.870. The molecule has 5 heteroatoms. The molecule has 1 unspecified atom stereocenters. The summed E-state index contributed by atoms with van der Waals surface area (Å²) in [4.78, 5) is 11.0. The van der Waals surface area contributed by atoms with Gasteiger partial charge in [-0.15, -0.1) is 0 Å². The van der Waals surface area contributed by atoms with Gasteiger partial charge in [-0.2, -0.15) is 0 Å². The highest BCUT2D eigenvalue weighted by Crippen LogP contribution is 2.47. The van der Waals surface area contributed by atoms with Crippen LogP contribution >= 0.6 is 0 Å². The van der Waals surface area contributed by atoms with Gasteiger partial charge in [-0.05, 0) is 18.8 Å². The normalized spacial score (nSPS) is 15.9. The number of aliphatic carboxylic acids is 1. The number of carboxylic acids is 1. The van der Waals surface area contributed by atoms with Crippen molar-refractivity contribution in [3.05, 3.63) is 29.1 Å². The van der Waals surface area contributed by atoms with E-state index in [0.717, 1.165) is 12.8 Å². The van der Waals surface area contributed by atoms with Gasteiger partial charge < -0.3 is 14.6 Å². The second-order valence-corrected chi connectivity index (χ2v) is 5.14. The molecule has 0 heterocycles. The highest BCUT2D eigenvalue weighted by molar-refractivity contribution is 5.68. The molecular formula is C15H19FO4. The Kier molecular flexibility index (Phi) is 4.60. The Labute approximate surface area is 117 Å². The summed E-state index contributed by atoms with van der Waals surface area (Å²) in [6, 6.07) is 3.41. The minimum absolute atomic E-state index is 0.00406. The summed E-state index contributed by atoms with van der Waals surface area (Å²) in [6.45, 7) is 0.162. The van der Waals surface area contributed by atoms with Crippen molar-refractivity contribution in [1.82, 2.24) is 0 Å². The van der Waals surface area contributed by atoms with Gasteiger partial charge in [-0.3, -0.25) is 4.79 Å². The smallest absolute Gasteiger partial charge is 0.303 e. The van der Waals surface area contributed by atoms with Crippen LogP contribution in [-0.2, 0) is 16.1 Å². The first-order chi connectivity index (χ1) is 9.58. The summed E-state index contributed by atoms with van der Waals surface area (Å²) >= 11 is 0. The molecule has 1 aromatic carbocycles. The van der Waals surface area contributed by atoms with E-state index in [1.54, 1.807) is 12.1 Å². The molecule has 0 amide bonds. The van der Waals surface area contributed by atoms with E-state index in [4.69, 9.17) is 14.6 Å². The van der Waals surface area contributed by atoms with Crippen LogP contribution in [0.5, 0.6) is 5.75 Å². The van der Waals surface area contributed by atoms with Crippen molar-refractivity contribution in [2.45, 2.75) is 31.8 Å². The molecule has 0 saturated heterocycles. The molecule has 0 aliphatic heterocycles. The van der Waals surface area contributed by atoms with E-state index in [2.05, 4.69) is 0 Å². The van der Waals surface area contributed by atoms with Crippen LogP contribution in [0.25, 0.3) is 0 Å². The summed E-state index contributed by atoms with van der Waals surface area (Å²) in [5, 5.41) is 9.04. The molecule has 0 bridgehead atoms. The summed E-state index contributed by atoms with van der Waals surface area (Å²) in [7, 11) is 2.90. The molecule has 1 aliphatic carbocycles. The number of halogens is 1. The first-order valence-electron chi connectivity index (χ1n) is 6.64. The SMILES string of the molecule is COCc1ccc(C(CC(=O)O)C2CC2)c(OC)c1F. The van der Waals surface area contributed by atoms with Gasteiger partial charge in [-0.25, -0.2) is 4.39 Å². The van der Waals surface area contributed by atoms with Crippen LogP contribution in [-0.4, -0.2) is 25.3 Å². The number of methoxy groups -OCH3 is 2. The zero-order chi connectivity index (χ0) is 14.7. The summed E-state index contributed by atoms with van der Waals surface area (Å²) in [5.74, 6) is -1.05. The fraction of sp³-hybridized carbons (Fsp3) is 0.533. The highest BCUT2D eigenvalue weighted by atomic mass is 19.1. The fourth-order valence-corrected chi connectivity index (χ4v) is 2.60. The van der Waals surface area contributed by atoms with Crippen LogP contribution in [0.15, 0.2) is 12.1 Å². The van der Waals surface area contributed by atoms with Crippen molar-refractivity contribution in [1.29, 1.82) is 0 Å². The predicted molar refractivity (Wildman–Crippen MR) is 71.4 cm³/mol. The van der Waals surface area contributed by atoms with Crippen LogP contribution in [0.4, 0.5) is 4.39 Å². The van der Waals surface area contributed by atoms with Crippen LogP contribution in [0, 0.1) is 11.7 Å². The Balaban J connectivity index is 2.38. The molecule has 1 atom stereocenters. The Morgan fingerprint density at radius 3 is 2.65 bits per heavy atom. The van der Waals surface area contributed by atoms with E-state index in [1.807, 2.05) is 0 Å². The van der Waals surface area contributed by atoms with E-state index >= 15 is 0 Å². The third kappa shape index (κ3) is 3.10. The maximum atomic E-state index is 14.3. The van der Waals surface area contributed by atoms with Crippen LogP contribution < -0.4 is 4.74 Å². The van der Waals surface area contributed by atoms with Gasteiger partial charge in [-0.1, -0.05) is 12.1 Å². The first-order valence-corrected chi connectivity index (χ1v) is 6.64. The Hall–Kier alpha value is -1.62. The van der Waals surface area contributed by atoms with E-state index < -0.39 is 11.8 Å². The molecule has 0 spiro atoms. The molecule has 0 radical (unpaired) electrons. The summed E-state index contributed by atoms with van der Waals surface area (Å²) < 4.78 is 24.5. The second kappa shape index (κ2) is 6.22. The van der Waals surface area contributed by atoms with E-state index in [9.17, 15) is 9.18 Å². The lowest BCUT2D eigenvalue weighted by molar-refractivity contribution is -0.137. The molecule has 20 heavy (non-hydrogen) atoms. The zero-order valence-electron chi connectivity index (χ0n) is 11.7.